The molecule has 26 heavy (non-hydrogen) atoms. The van der Waals surface area contributed by atoms with E-state index in [1.807, 2.05) is 36.4 Å². The average molecular weight is 354 g/mol. The topological polar surface area (TPSA) is 36.9 Å². The molecule has 0 aromatic heterocycles. The molecule has 0 N–H and O–H groups in total. The standard InChI is InChI=1S/C22H26O4/c1-3-7-17(8-4-1)21-23-15-13-19(25-21)11-12-20-14-16-24-22(26-20)18-9-5-2-6-10-18/h1-10,19-22H,11-16H2/t19-,20+,21+,22-. The first kappa shape index (κ1) is 17.7. The minimum absolute atomic E-state index is 0.218. The Kier molecular flexibility index (Phi) is 5.97. The van der Waals surface area contributed by atoms with Crippen LogP contribution >= 0.6 is 0 Å². The normalized spacial score (nSPS) is 29.4. The van der Waals surface area contributed by atoms with Gasteiger partial charge in [-0.25, -0.2) is 0 Å². The molecule has 2 aromatic carbocycles. The third-order valence-corrected chi connectivity index (χ3v) is 5.00. The van der Waals surface area contributed by atoms with Gasteiger partial charge in [-0.15, -0.1) is 0 Å². The molecule has 2 aliphatic heterocycles. The summed E-state index contributed by atoms with van der Waals surface area (Å²) in [5.74, 6) is 0. The fourth-order valence-corrected chi connectivity index (χ4v) is 3.54. The van der Waals surface area contributed by atoms with Crippen LogP contribution in [0.1, 0.15) is 49.4 Å². The van der Waals surface area contributed by atoms with Crippen molar-refractivity contribution in [3.8, 4) is 0 Å². The van der Waals surface area contributed by atoms with Crippen molar-refractivity contribution in [1.29, 1.82) is 0 Å². The Balaban J connectivity index is 1.28. The van der Waals surface area contributed by atoms with E-state index < -0.39 is 0 Å². The molecule has 0 spiro atoms. The third-order valence-electron chi connectivity index (χ3n) is 5.00. The van der Waals surface area contributed by atoms with Gasteiger partial charge in [-0.05, 0) is 25.7 Å². The first-order valence-corrected chi connectivity index (χ1v) is 9.52. The zero-order valence-corrected chi connectivity index (χ0v) is 15.0. The Morgan fingerprint density at radius 2 is 1.04 bits per heavy atom. The van der Waals surface area contributed by atoms with Crippen LogP contribution in [0.2, 0.25) is 0 Å². The van der Waals surface area contributed by atoms with E-state index in [0.717, 1.165) is 50.0 Å². The molecule has 2 aliphatic rings. The Morgan fingerprint density at radius 1 is 0.615 bits per heavy atom. The van der Waals surface area contributed by atoms with Gasteiger partial charge < -0.3 is 18.9 Å². The van der Waals surface area contributed by atoms with Crippen LogP contribution in [0.4, 0.5) is 0 Å². The molecule has 0 unspecified atom stereocenters. The first-order valence-electron chi connectivity index (χ1n) is 9.52. The second-order valence-corrected chi connectivity index (χ2v) is 6.90. The third kappa shape index (κ3) is 4.51. The maximum absolute atomic E-state index is 6.17. The number of hydrogen-bond donors (Lipinski definition) is 0. The average Bonchev–Trinajstić information content (AvgIpc) is 2.74. The quantitative estimate of drug-likeness (QED) is 0.775. The molecule has 138 valence electrons. The van der Waals surface area contributed by atoms with Crippen LogP contribution in [0.5, 0.6) is 0 Å². The zero-order valence-electron chi connectivity index (χ0n) is 15.0. The van der Waals surface area contributed by atoms with Crippen LogP contribution in [0.25, 0.3) is 0 Å². The highest BCUT2D eigenvalue weighted by Crippen LogP contribution is 2.31. The van der Waals surface area contributed by atoms with E-state index in [2.05, 4.69) is 24.3 Å². The molecule has 0 amide bonds. The fourth-order valence-electron chi connectivity index (χ4n) is 3.54. The maximum atomic E-state index is 6.17. The van der Waals surface area contributed by atoms with E-state index in [9.17, 15) is 0 Å². The maximum Gasteiger partial charge on any atom is 0.184 e. The highest BCUT2D eigenvalue weighted by atomic mass is 16.7. The molecule has 2 saturated heterocycles. The van der Waals surface area contributed by atoms with Gasteiger partial charge >= 0.3 is 0 Å². The molecule has 4 heteroatoms. The molecule has 0 saturated carbocycles. The zero-order chi connectivity index (χ0) is 17.6. The van der Waals surface area contributed by atoms with E-state index in [0.29, 0.717) is 0 Å². The van der Waals surface area contributed by atoms with Crippen LogP contribution in [-0.4, -0.2) is 25.4 Å². The van der Waals surface area contributed by atoms with Crippen molar-refractivity contribution in [1.82, 2.24) is 0 Å². The monoisotopic (exact) mass is 354 g/mol. The number of rotatable bonds is 5. The molecule has 4 atom stereocenters. The van der Waals surface area contributed by atoms with Crippen molar-refractivity contribution in [2.45, 2.75) is 50.5 Å². The molecular formula is C22H26O4. The largest absolute Gasteiger partial charge is 0.348 e. The summed E-state index contributed by atoms with van der Waals surface area (Å²) in [5.41, 5.74) is 2.17. The summed E-state index contributed by atoms with van der Waals surface area (Å²) < 4.78 is 23.9. The first-order chi connectivity index (χ1) is 12.9. The number of ether oxygens (including phenoxy) is 4. The van der Waals surface area contributed by atoms with Gasteiger partial charge in [0.1, 0.15) is 0 Å². The molecule has 4 rings (SSSR count). The summed E-state index contributed by atoms with van der Waals surface area (Å²) in [6.07, 6.45) is 3.79. The van der Waals surface area contributed by atoms with Crippen molar-refractivity contribution >= 4 is 0 Å². The molecule has 2 heterocycles. The predicted octanol–water partition coefficient (Wildman–Crippen LogP) is 4.78. The summed E-state index contributed by atoms with van der Waals surface area (Å²) in [6, 6.07) is 20.3. The smallest absolute Gasteiger partial charge is 0.184 e. The molecule has 4 nitrogen and oxygen atoms in total. The summed E-state index contributed by atoms with van der Waals surface area (Å²) in [5, 5.41) is 0. The van der Waals surface area contributed by atoms with Crippen molar-refractivity contribution < 1.29 is 18.9 Å². The molecule has 0 bridgehead atoms. The van der Waals surface area contributed by atoms with E-state index in [1.54, 1.807) is 0 Å². The molecule has 2 aromatic rings. The Bertz CT molecular complexity index is 601. The van der Waals surface area contributed by atoms with Crippen molar-refractivity contribution in [2.24, 2.45) is 0 Å². The fraction of sp³-hybridized carbons (Fsp3) is 0.455. The Hall–Kier alpha value is -1.72. The molecule has 2 fully saturated rings. The van der Waals surface area contributed by atoms with Gasteiger partial charge in [-0.3, -0.25) is 0 Å². The highest BCUT2D eigenvalue weighted by Gasteiger charge is 2.28. The SMILES string of the molecule is c1ccc([C@@H]2OCC[C@H](CC[C@@H]3CCO[C@H](c4ccccc4)O3)O2)cc1. The van der Waals surface area contributed by atoms with E-state index in [4.69, 9.17) is 18.9 Å². The lowest BCUT2D eigenvalue weighted by Crippen LogP contribution is -2.31. The van der Waals surface area contributed by atoms with E-state index >= 15 is 0 Å². The van der Waals surface area contributed by atoms with Crippen LogP contribution < -0.4 is 0 Å². The van der Waals surface area contributed by atoms with Crippen LogP contribution in [0, 0.1) is 0 Å². The summed E-state index contributed by atoms with van der Waals surface area (Å²) in [4.78, 5) is 0. The predicted molar refractivity (Wildman–Crippen MR) is 98.5 cm³/mol. The second-order valence-electron chi connectivity index (χ2n) is 6.90. The lowest BCUT2D eigenvalue weighted by Gasteiger charge is -2.33. The minimum Gasteiger partial charge on any atom is -0.348 e. The number of benzene rings is 2. The van der Waals surface area contributed by atoms with Crippen LogP contribution in [0.15, 0.2) is 60.7 Å². The van der Waals surface area contributed by atoms with Gasteiger partial charge in [0.15, 0.2) is 12.6 Å². The Morgan fingerprint density at radius 3 is 1.46 bits per heavy atom. The van der Waals surface area contributed by atoms with Crippen LogP contribution in [-0.2, 0) is 18.9 Å². The highest BCUT2D eigenvalue weighted by molar-refractivity contribution is 5.17. The van der Waals surface area contributed by atoms with Gasteiger partial charge in [0, 0.05) is 11.1 Å². The van der Waals surface area contributed by atoms with Gasteiger partial charge in [0.2, 0.25) is 0 Å². The second kappa shape index (κ2) is 8.78. The van der Waals surface area contributed by atoms with Gasteiger partial charge in [-0.1, -0.05) is 60.7 Å². The lowest BCUT2D eigenvalue weighted by molar-refractivity contribution is -0.232. The van der Waals surface area contributed by atoms with Crippen molar-refractivity contribution in [2.75, 3.05) is 13.2 Å². The van der Waals surface area contributed by atoms with Gasteiger partial charge in [0.25, 0.3) is 0 Å². The minimum atomic E-state index is -0.248. The van der Waals surface area contributed by atoms with Crippen LogP contribution in [0.3, 0.4) is 0 Å². The summed E-state index contributed by atoms with van der Waals surface area (Å²) in [6.45, 7) is 1.48. The van der Waals surface area contributed by atoms with Gasteiger partial charge in [-0.2, -0.15) is 0 Å². The molecule has 0 aliphatic carbocycles. The van der Waals surface area contributed by atoms with E-state index in [1.165, 1.54) is 0 Å². The van der Waals surface area contributed by atoms with Gasteiger partial charge in [0.05, 0.1) is 25.4 Å². The summed E-state index contributed by atoms with van der Waals surface area (Å²) in [7, 11) is 0. The van der Waals surface area contributed by atoms with E-state index in [-0.39, 0.29) is 24.8 Å². The lowest BCUT2D eigenvalue weighted by atomic mass is 10.0. The van der Waals surface area contributed by atoms with Crippen molar-refractivity contribution in [3.05, 3.63) is 71.8 Å². The summed E-state index contributed by atoms with van der Waals surface area (Å²) >= 11 is 0. The Labute approximate surface area is 155 Å². The molecular weight excluding hydrogens is 328 g/mol. The van der Waals surface area contributed by atoms with Crippen molar-refractivity contribution in [3.63, 3.8) is 0 Å². The molecule has 0 radical (unpaired) electrons. The number of hydrogen-bond acceptors (Lipinski definition) is 4.